The van der Waals surface area contributed by atoms with E-state index in [9.17, 15) is 4.79 Å². The van der Waals surface area contributed by atoms with Crippen molar-refractivity contribution >= 4 is 22.4 Å². The zero-order chi connectivity index (χ0) is 19.0. The van der Waals surface area contributed by atoms with Crippen molar-refractivity contribution in [1.82, 2.24) is 19.9 Å². The summed E-state index contributed by atoms with van der Waals surface area (Å²) in [6.45, 7) is 7.85. The number of aryl methyl sites for hydroxylation is 2. The van der Waals surface area contributed by atoms with Crippen molar-refractivity contribution in [3.63, 3.8) is 0 Å². The van der Waals surface area contributed by atoms with Crippen LogP contribution in [0.1, 0.15) is 34.2 Å². The van der Waals surface area contributed by atoms with Gasteiger partial charge in [0, 0.05) is 43.0 Å². The van der Waals surface area contributed by atoms with Crippen LogP contribution in [0.25, 0.3) is 0 Å². The summed E-state index contributed by atoms with van der Waals surface area (Å²) in [5, 5.41) is 4.16. The van der Waals surface area contributed by atoms with Crippen molar-refractivity contribution in [1.29, 1.82) is 0 Å². The molecule has 27 heavy (non-hydrogen) atoms. The second-order valence-corrected chi connectivity index (χ2v) is 8.44. The molecule has 146 valence electrons. The van der Waals surface area contributed by atoms with E-state index in [4.69, 9.17) is 9.72 Å². The monoisotopic (exact) mass is 389 g/mol. The summed E-state index contributed by atoms with van der Waals surface area (Å²) in [6.07, 6.45) is 2.57. The first kappa shape index (κ1) is 18.4. The van der Waals surface area contributed by atoms with Gasteiger partial charge in [0.25, 0.3) is 0 Å². The maximum absolute atomic E-state index is 12.7. The standard InChI is InChI=1S/C19H27N5O2S/c1-12-13(2)23(3)17(21-12)11-20-18(25)14-4-5-16-15(10-14)22-19(27-16)24-6-8-26-9-7-24/h14H,4-11H2,1-3H3,(H,20,25). The SMILES string of the molecule is Cc1nc(CNC(=O)C2CCc3sc(N4CCOCC4)nc3C2)n(C)c1C. The number of hydrogen-bond donors (Lipinski definition) is 1. The molecule has 1 aliphatic heterocycles. The number of amides is 1. The highest BCUT2D eigenvalue weighted by atomic mass is 32.1. The Morgan fingerprint density at radius 1 is 1.30 bits per heavy atom. The van der Waals surface area contributed by atoms with Gasteiger partial charge in [0.05, 0.1) is 31.1 Å². The number of fused-ring (bicyclic) bond motifs is 1. The highest BCUT2D eigenvalue weighted by Crippen LogP contribution is 2.34. The fourth-order valence-electron chi connectivity index (χ4n) is 3.73. The van der Waals surface area contributed by atoms with Gasteiger partial charge in [0.1, 0.15) is 5.82 Å². The Morgan fingerprint density at radius 3 is 2.78 bits per heavy atom. The second-order valence-electron chi connectivity index (χ2n) is 7.38. The molecule has 4 rings (SSSR count). The molecule has 2 aliphatic rings. The molecular weight excluding hydrogens is 362 g/mol. The average molecular weight is 390 g/mol. The predicted molar refractivity (Wildman–Crippen MR) is 105 cm³/mol. The molecule has 0 saturated carbocycles. The van der Waals surface area contributed by atoms with Gasteiger partial charge in [0.15, 0.2) is 5.13 Å². The highest BCUT2D eigenvalue weighted by Gasteiger charge is 2.29. The molecule has 1 N–H and O–H groups in total. The Hall–Kier alpha value is -1.93. The van der Waals surface area contributed by atoms with Gasteiger partial charge in [-0.15, -0.1) is 11.3 Å². The third kappa shape index (κ3) is 3.73. The van der Waals surface area contributed by atoms with Crippen LogP contribution in [0.4, 0.5) is 5.13 Å². The van der Waals surface area contributed by atoms with Gasteiger partial charge in [0.2, 0.25) is 5.91 Å². The zero-order valence-electron chi connectivity index (χ0n) is 16.2. The fraction of sp³-hybridized carbons (Fsp3) is 0.632. The minimum atomic E-state index is -0.000369. The molecule has 2 aromatic rings. The normalized spacial score (nSPS) is 19.8. The lowest BCUT2D eigenvalue weighted by Gasteiger charge is -2.26. The van der Waals surface area contributed by atoms with Gasteiger partial charge in [-0.05, 0) is 26.7 Å². The fourth-order valence-corrected chi connectivity index (χ4v) is 4.89. The first-order chi connectivity index (χ1) is 13.0. The lowest BCUT2D eigenvalue weighted by atomic mass is 9.90. The molecule has 8 heteroatoms. The molecule has 1 unspecified atom stereocenters. The van der Waals surface area contributed by atoms with Gasteiger partial charge in [-0.1, -0.05) is 0 Å². The van der Waals surface area contributed by atoms with Crippen LogP contribution in [0.15, 0.2) is 0 Å². The number of rotatable bonds is 4. The van der Waals surface area contributed by atoms with Gasteiger partial charge < -0.3 is 19.5 Å². The number of morpholine rings is 1. The summed E-state index contributed by atoms with van der Waals surface area (Å²) in [5.41, 5.74) is 3.26. The van der Waals surface area contributed by atoms with Gasteiger partial charge in [-0.25, -0.2) is 9.97 Å². The van der Waals surface area contributed by atoms with Crippen LogP contribution in [0.3, 0.4) is 0 Å². The van der Waals surface area contributed by atoms with Crippen molar-refractivity contribution in [2.24, 2.45) is 13.0 Å². The van der Waals surface area contributed by atoms with Crippen LogP contribution in [0, 0.1) is 19.8 Å². The lowest BCUT2D eigenvalue weighted by molar-refractivity contribution is -0.125. The average Bonchev–Trinajstić information content (AvgIpc) is 3.23. The number of ether oxygens (including phenoxy) is 1. The van der Waals surface area contributed by atoms with Crippen LogP contribution in [0.5, 0.6) is 0 Å². The molecular formula is C19H27N5O2S. The minimum absolute atomic E-state index is 0.000369. The van der Waals surface area contributed by atoms with Gasteiger partial charge in [-0.3, -0.25) is 4.79 Å². The molecule has 1 saturated heterocycles. The van der Waals surface area contributed by atoms with E-state index >= 15 is 0 Å². The maximum atomic E-state index is 12.7. The van der Waals surface area contributed by atoms with Crippen LogP contribution in [-0.4, -0.2) is 46.7 Å². The van der Waals surface area contributed by atoms with E-state index < -0.39 is 0 Å². The Bertz CT molecular complexity index is 838. The van der Waals surface area contributed by atoms with Gasteiger partial charge >= 0.3 is 0 Å². The quantitative estimate of drug-likeness (QED) is 0.863. The summed E-state index contributed by atoms with van der Waals surface area (Å²) in [7, 11) is 1.99. The molecule has 7 nitrogen and oxygen atoms in total. The number of carbonyl (C=O) groups is 1. The second kappa shape index (κ2) is 7.59. The van der Waals surface area contributed by atoms with E-state index in [-0.39, 0.29) is 11.8 Å². The van der Waals surface area contributed by atoms with E-state index in [0.29, 0.717) is 6.54 Å². The Morgan fingerprint density at radius 2 is 2.07 bits per heavy atom. The minimum Gasteiger partial charge on any atom is -0.378 e. The molecule has 1 fully saturated rings. The molecule has 0 spiro atoms. The van der Waals surface area contributed by atoms with Gasteiger partial charge in [-0.2, -0.15) is 0 Å². The summed E-state index contributed by atoms with van der Waals surface area (Å²) in [6, 6.07) is 0. The molecule has 0 bridgehead atoms. The number of imidazole rings is 1. The van der Waals surface area contributed by atoms with E-state index in [1.165, 1.54) is 4.88 Å². The van der Waals surface area contributed by atoms with Crippen LogP contribution < -0.4 is 10.2 Å². The molecule has 0 radical (unpaired) electrons. The molecule has 1 amide bonds. The summed E-state index contributed by atoms with van der Waals surface area (Å²) in [5.74, 6) is 1.01. The summed E-state index contributed by atoms with van der Waals surface area (Å²) >= 11 is 1.79. The predicted octanol–water partition coefficient (Wildman–Crippen LogP) is 1.75. The van der Waals surface area contributed by atoms with E-state index in [1.807, 2.05) is 25.5 Å². The third-order valence-electron chi connectivity index (χ3n) is 5.71. The topological polar surface area (TPSA) is 72.3 Å². The number of anilines is 1. The Labute approximate surface area is 163 Å². The number of nitrogens with one attached hydrogen (secondary N) is 1. The Kier molecular flexibility index (Phi) is 5.19. The molecule has 3 heterocycles. The van der Waals surface area contributed by atoms with Crippen LogP contribution in [-0.2, 0) is 36.0 Å². The van der Waals surface area contributed by atoms with E-state index in [0.717, 1.165) is 73.6 Å². The number of hydrogen-bond acceptors (Lipinski definition) is 6. The molecule has 0 aromatic carbocycles. The molecule has 1 atom stereocenters. The third-order valence-corrected chi connectivity index (χ3v) is 6.93. The van der Waals surface area contributed by atoms with Crippen LogP contribution in [0.2, 0.25) is 0 Å². The van der Waals surface area contributed by atoms with Crippen molar-refractivity contribution in [3.05, 3.63) is 27.8 Å². The maximum Gasteiger partial charge on any atom is 0.223 e. The number of thiazole rings is 1. The van der Waals surface area contributed by atoms with Crippen molar-refractivity contribution in [2.75, 3.05) is 31.2 Å². The lowest BCUT2D eigenvalue weighted by Crippen LogP contribution is -2.36. The highest BCUT2D eigenvalue weighted by molar-refractivity contribution is 7.15. The number of aromatic nitrogens is 3. The molecule has 1 aliphatic carbocycles. The first-order valence-corrected chi connectivity index (χ1v) is 10.4. The number of carbonyl (C=O) groups excluding carboxylic acids is 1. The Balaban J connectivity index is 1.37. The van der Waals surface area contributed by atoms with Crippen molar-refractivity contribution in [3.8, 4) is 0 Å². The van der Waals surface area contributed by atoms with Crippen molar-refractivity contribution in [2.45, 2.75) is 39.7 Å². The smallest absolute Gasteiger partial charge is 0.223 e. The zero-order valence-corrected chi connectivity index (χ0v) is 17.1. The van der Waals surface area contributed by atoms with E-state index in [2.05, 4.69) is 15.2 Å². The van der Waals surface area contributed by atoms with Crippen molar-refractivity contribution < 1.29 is 9.53 Å². The van der Waals surface area contributed by atoms with E-state index in [1.54, 1.807) is 11.3 Å². The first-order valence-electron chi connectivity index (χ1n) is 9.60. The summed E-state index contributed by atoms with van der Waals surface area (Å²) < 4.78 is 7.47. The summed E-state index contributed by atoms with van der Waals surface area (Å²) in [4.78, 5) is 25.7. The van der Waals surface area contributed by atoms with Crippen LogP contribution >= 0.6 is 11.3 Å². The molecule has 2 aromatic heterocycles. The largest absolute Gasteiger partial charge is 0.378 e. The number of nitrogens with zero attached hydrogens (tertiary/aromatic N) is 4.